The number of carboxylic acid groups (broad SMARTS) is 1. The van der Waals surface area contributed by atoms with E-state index < -0.39 is 5.97 Å². The van der Waals surface area contributed by atoms with Gasteiger partial charge in [0.25, 0.3) is 0 Å². The molecule has 0 bridgehead atoms. The number of rotatable bonds is 2. The van der Waals surface area contributed by atoms with Gasteiger partial charge in [0.1, 0.15) is 5.75 Å². The van der Waals surface area contributed by atoms with Gasteiger partial charge in [-0.3, -0.25) is 4.68 Å². The van der Waals surface area contributed by atoms with Gasteiger partial charge in [0.05, 0.1) is 11.4 Å². The van der Waals surface area contributed by atoms with Crippen LogP contribution in [-0.2, 0) is 7.05 Å². The van der Waals surface area contributed by atoms with Crippen LogP contribution in [0.15, 0.2) is 30.3 Å². The van der Waals surface area contributed by atoms with Crippen LogP contribution in [0.4, 0.5) is 0 Å². The van der Waals surface area contributed by atoms with Crippen LogP contribution < -0.4 is 0 Å². The Balaban J connectivity index is 2.19. The van der Waals surface area contributed by atoms with E-state index in [-0.39, 0.29) is 11.4 Å². The van der Waals surface area contributed by atoms with Gasteiger partial charge in [-0.05, 0) is 18.2 Å². The number of phenols is 1. The van der Waals surface area contributed by atoms with Crippen molar-refractivity contribution in [1.82, 2.24) is 14.8 Å². The van der Waals surface area contributed by atoms with Gasteiger partial charge >= 0.3 is 5.97 Å². The molecule has 0 spiro atoms. The number of aromatic nitrogens is 3. The van der Waals surface area contributed by atoms with Crippen molar-refractivity contribution in [1.29, 1.82) is 0 Å². The number of aromatic carboxylic acids is 1. The van der Waals surface area contributed by atoms with E-state index in [2.05, 4.69) is 10.1 Å². The summed E-state index contributed by atoms with van der Waals surface area (Å²) in [6, 6.07) is 8.44. The number of phenolic OH excluding ortho intramolecular Hbond substituents is 1. The van der Waals surface area contributed by atoms with Gasteiger partial charge in [-0.1, -0.05) is 6.07 Å². The predicted octanol–water partition coefficient (Wildman–Crippen LogP) is 1.97. The summed E-state index contributed by atoms with van der Waals surface area (Å²) in [5.74, 6) is -0.888. The SMILES string of the molecule is Cn1nc(C(=O)O)cc1-c1cc2c(O)cccc2[nH]1. The zero-order valence-corrected chi connectivity index (χ0v) is 10.1. The second kappa shape index (κ2) is 3.88. The zero-order chi connectivity index (χ0) is 13.6. The lowest BCUT2D eigenvalue weighted by Crippen LogP contribution is -1.99. The largest absolute Gasteiger partial charge is 0.507 e. The van der Waals surface area contributed by atoms with E-state index >= 15 is 0 Å². The first kappa shape index (κ1) is 11.3. The number of nitrogens with zero attached hydrogens (tertiary/aromatic N) is 2. The first-order valence-electron chi connectivity index (χ1n) is 5.64. The maximum absolute atomic E-state index is 10.9. The molecule has 0 saturated carbocycles. The van der Waals surface area contributed by atoms with Gasteiger partial charge in [-0.25, -0.2) is 4.79 Å². The topological polar surface area (TPSA) is 91.1 Å². The van der Waals surface area contributed by atoms with Crippen molar-refractivity contribution in [3.63, 3.8) is 0 Å². The van der Waals surface area contributed by atoms with Gasteiger partial charge < -0.3 is 15.2 Å². The number of aromatic amines is 1. The van der Waals surface area contributed by atoms with Crippen molar-refractivity contribution in [2.45, 2.75) is 0 Å². The third-order valence-electron chi connectivity index (χ3n) is 3.02. The van der Waals surface area contributed by atoms with E-state index in [4.69, 9.17) is 5.11 Å². The molecule has 1 aromatic carbocycles. The fraction of sp³-hybridized carbons (Fsp3) is 0.0769. The predicted molar refractivity (Wildman–Crippen MR) is 69.1 cm³/mol. The zero-order valence-electron chi connectivity index (χ0n) is 10.1. The summed E-state index contributed by atoms with van der Waals surface area (Å²) in [4.78, 5) is 14.0. The quantitative estimate of drug-likeness (QED) is 0.654. The van der Waals surface area contributed by atoms with Gasteiger partial charge in [-0.2, -0.15) is 5.10 Å². The molecule has 3 aromatic rings. The van der Waals surface area contributed by atoms with Crippen LogP contribution in [0.1, 0.15) is 10.5 Å². The molecular formula is C13H11N3O3. The molecule has 0 aliphatic heterocycles. The minimum atomic E-state index is -1.07. The summed E-state index contributed by atoms with van der Waals surface area (Å²) in [5.41, 5.74) is 2.13. The molecule has 0 atom stereocenters. The summed E-state index contributed by atoms with van der Waals surface area (Å²) in [6.45, 7) is 0. The number of carboxylic acids is 1. The molecular weight excluding hydrogens is 246 g/mol. The Kier molecular flexibility index (Phi) is 2.31. The Morgan fingerprint density at radius 2 is 2.16 bits per heavy atom. The number of carbonyl (C=O) groups is 1. The average molecular weight is 257 g/mol. The Morgan fingerprint density at radius 3 is 2.79 bits per heavy atom. The number of fused-ring (bicyclic) bond motifs is 1. The van der Waals surface area contributed by atoms with Crippen LogP contribution in [0.2, 0.25) is 0 Å². The molecule has 96 valence electrons. The molecule has 0 aliphatic rings. The van der Waals surface area contributed by atoms with Gasteiger partial charge in [0.2, 0.25) is 0 Å². The lowest BCUT2D eigenvalue weighted by Gasteiger charge is -1.96. The van der Waals surface area contributed by atoms with Crippen molar-refractivity contribution in [3.05, 3.63) is 36.0 Å². The Hall–Kier alpha value is -2.76. The normalized spacial score (nSPS) is 11.0. The molecule has 0 saturated heterocycles. The summed E-state index contributed by atoms with van der Waals surface area (Å²) in [6.07, 6.45) is 0. The first-order valence-corrected chi connectivity index (χ1v) is 5.64. The number of H-pyrrole nitrogens is 1. The number of aromatic hydroxyl groups is 1. The molecule has 6 nitrogen and oxygen atoms in total. The Labute approximate surface area is 107 Å². The fourth-order valence-electron chi connectivity index (χ4n) is 2.10. The van der Waals surface area contributed by atoms with E-state index in [1.54, 1.807) is 25.2 Å². The highest BCUT2D eigenvalue weighted by Crippen LogP contribution is 2.29. The van der Waals surface area contributed by atoms with Crippen molar-refractivity contribution in [2.24, 2.45) is 7.05 Å². The third-order valence-corrected chi connectivity index (χ3v) is 3.02. The number of nitrogens with one attached hydrogen (secondary N) is 1. The molecule has 0 amide bonds. The molecule has 3 rings (SSSR count). The van der Waals surface area contributed by atoms with E-state index in [0.29, 0.717) is 16.8 Å². The van der Waals surface area contributed by atoms with E-state index in [0.717, 1.165) is 5.52 Å². The third kappa shape index (κ3) is 1.74. The first-order chi connectivity index (χ1) is 9.06. The molecule has 0 aliphatic carbocycles. The van der Waals surface area contributed by atoms with Crippen LogP contribution in [-0.4, -0.2) is 30.9 Å². The van der Waals surface area contributed by atoms with Crippen molar-refractivity contribution < 1.29 is 15.0 Å². The molecule has 0 fully saturated rings. The van der Waals surface area contributed by atoms with Crippen LogP contribution >= 0.6 is 0 Å². The monoisotopic (exact) mass is 257 g/mol. The summed E-state index contributed by atoms with van der Waals surface area (Å²) in [5, 5.41) is 23.3. The molecule has 2 aromatic heterocycles. The van der Waals surface area contributed by atoms with E-state index in [1.807, 2.05) is 6.07 Å². The molecule has 3 N–H and O–H groups in total. The fourth-order valence-corrected chi connectivity index (χ4v) is 2.10. The second-order valence-electron chi connectivity index (χ2n) is 4.26. The highest BCUT2D eigenvalue weighted by atomic mass is 16.4. The minimum Gasteiger partial charge on any atom is -0.507 e. The summed E-state index contributed by atoms with van der Waals surface area (Å²) in [7, 11) is 1.67. The minimum absolute atomic E-state index is 0.0135. The van der Waals surface area contributed by atoms with Crippen molar-refractivity contribution in [3.8, 4) is 17.1 Å². The average Bonchev–Trinajstić information content (AvgIpc) is 2.93. The maximum atomic E-state index is 10.9. The number of aryl methyl sites for hydroxylation is 1. The van der Waals surface area contributed by atoms with E-state index in [1.165, 1.54) is 10.7 Å². The molecule has 6 heteroatoms. The van der Waals surface area contributed by atoms with Crippen molar-refractivity contribution >= 4 is 16.9 Å². The summed E-state index contributed by atoms with van der Waals surface area (Å²) >= 11 is 0. The molecule has 19 heavy (non-hydrogen) atoms. The van der Waals surface area contributed by atoms with Crippen LogP contribution in [0.5, 0.6) is 5.75 Å². The van der Waals surface area contributed by atoms with Gasteiger partial charge in [-0.15, -0.1) is 0 Å². The second-order valence-corrected chi connectivity index (χ2v) is 4.26. The Morgan fingerprint density at radius 1 is 1.37 bits per heavy atom. The summed E-state index contributed by atoms with van der Waals surface area (Å²) < 4.78 is 1.49. The maximum Gasteiger partial charge on any atom is 0.356 e. The van der Waals surface area contributed by atoms with Gasteiger partial charge in [0.15, 0.2) is 5.69 Å². The van der Waals surface area contributed by atoms with Gasteiger partial charge in [0, 0.05) is 24.0 Å². The van der Waals surface area contributed by atoms with Crippen LogP contribution in [0.3, 0.4) is 0 Å². The van der Waals surface area contributed by atoms with Crippen LogP contribution in [0.25, 0.3) is 22.3 Å². The number of hydrogen-bond donors (Lipinski definition) is 3. The number of benzene rings is 1. The van der Waals surface area contributed by atoms with Crippen molar-refractivity contribution in [2.75, 3.05) is 0 Å². The standard InChI is InChI=1S/C13H11N3O3/c1-16-11(6-10(15-16)13(18)19)9-5-7-8(14-9)3-2-4-12(7)17/h2-6,14,17H,1H3,(H,18,19). The molecule has 2 heterocycles. The highest BCUT2D eigenvalue weighted by Gasteiger charge is 2.14. The lowest BCUT2D eigenvalue weighted by atomic mass is 10.2. The highest BCUT2D eigenvalue weighted by molar-refractivity contribution is 5.91. The smallest absolute Gasteiger partial charge is 0.356 e. The molecule has 0 unspecified atom stereocenters. The molecule has 0 radical (unpaired) electrons. The van der Waals surface area contributed by atoms with Crippen LogP contribution in [0, 0.1) is 0 Å². The lowest BCUT2D eigenvalue weighted by molar-refractivity contribution is 0.0689. The Bertz CT molecular complexity index is 786. The van der Waals surface area contributed by atoms with E-state index in [9.17, 15) is 9.90 Å². The number of hydrogen-bond acceptors (Lipinski definition) is 3.